The van der Waals surface area contributed by atoms with E-state index >= 15 is 0 Å². The first-order valence-electron chi connectivity index (χ1n) is 14.4. The molecule has 3 amide bonds. The van der Waals surface area contributed by atoms with E-state index in [0.717, 1.165) is 15.7 Å². The zero-order valence-corrected chi connectivity index (χ0v) is 26.0. The van der Waals surface area contributed by atoms with Crippen molar-refractivity contribution in [1.82, 2.24) is 15.1 Å². The number of likely N-dealkylation sites (N-methyl/N-ethyl adjacent to an activating group) is 1. The van der Waals surface area contributed by atoms with Crippen LogP contribution in [0.5, 0.6) is 0 Å². The van der Waals surface area contributed by atoms with E-state index in [1.54, 1.807) is 40.0 Å². The zero-order chi connectivity index (χ0) is 31.0. The maximum absolute atomic E-state index is 13.6. The molecular weight excluding hydrogens is 558 g/mol. The van der Waals surface area contributed by atoms with E-state index in [2.05, 4.69) is 5.32 Å². The van der Waals surface area contributed by atoms with Crippen LogP contribution in [0.4, 0.5) is 0 Å². The van der Waals surface area contributed by atoms with E-state index in [1.165, 1.54) is 4.90 Å². The number of imide groups is 1. The smallest absolute Gasteiger partial charge is 0.323 e. The highest BCUT2D eigenvalue weighted by atomic mass is 32.2. The van der Waals surface area contributed by atoms with E-state index in [-0.39, 0.29) is 36.3 Å². The molecule has 2 aliphatic heterocycles. The molecule has 0 saturated carbocycles. The Morgan fingerprint density at radius 3 is 2.10 bits per heavy atom. The normalized spacial score (nSPS) is 19.7. The number of ether oxygens (including phenoxy) is 1. The van der Waals surface area contributed by atoms with Crippen LogP contribution >= 0.6 is 0 Å². The summed E-state index contributed by atoms with van der Waals surface area (Å²) in [7, 11) is -1.61. The lowest BCUT2D eigenvalue weighted by Crippen LogP contribution is -2.55. The maximum Gasteiger partial charge on any atom is 0.323 e. The SMILES string of the molecule is CC(C)C[C@H](N[C@H](CCN1C(=O)c2cc3ccccc3cc2C1=O)C(=O)OC(C)(C)C)C(=O)N(C)C1CCS(=O)(=O)C1. The molecule has 2 heterocycles. The second kappa shape index (κ2) is 12.1. The van der Waals surface area contributed by atoms with Crippen molar-refractivity contribution in [1.29, 1.82) is 0 Å². The highest BCUT2D eigenvalue weighted by molar-refractivity contribution is 7.91. The predicted molar refractivity (Wildman–Crippen MR) is 160 cm³/mol. The van der Waals surface area contributed by atoms with Crippen LogP contribution in [0.15, 0.2) is 36.4 Å². The topological polar surface area (TPSA) is 130 Å². The molecule has 0 radical (unpaired) electrons. The molecule has 3 atom stereocenters. The number of esters is 1. The molecule has 0 spiro atoms. The number of nitrogens with zero attached hydrogens (tertiary/aromatic N) is 2. The molecule has 2 aliphatic rings. The van der Waals surface area contributed by atoms with Crippen molar-refractivity contribution in [2.24, 2.45) is 5.92 Å². The van der Waals surface area contributed by atoms with Gasteiger partial charge in [-0.2, -0.15) is 0 Å². The third-order valence-corrected chi connectivity index (χ3v) is 9.43. The van der Waals surface area contributed by atoms with Gasteiger partial charge in [-0.15, -0.1) is 0 Å². The van der Waals surface area contributed by atoms with Crippen LogP contribution < -0.4 is 5.32 Å². The van der Waals surface area contributed by atoms with Crippen molar-refractivity contribution >= 4 is 44.3 Å². The minimum Gasteiger partial charge on any atom is -0.459 e. The van der Waals surface area contributed by atoms with Gasteiger partial charge >= 0.3 is 5.97 Å². The zero-order valence-electron chi connectivity index (χ0n) is 25.2. The number of nitrogens with one attached hydrogen (secondary N) is 1. The van der Waals surface area contributed by atoms with Gasteiger partial charge in [-0.25, -0.2) is 8.42 Å². The second-order valence-corrected chi connectivity index (χ2v) is 15.0. The molecule has 0 aliphatic carbocycles. The van der Waals surface area contributed by atoms with Gasteiger partial charge in [0, 0.05) is 19.6 Å². The van der Waals surface area contributed by atoms with Gasteiger partial charge in [-0.05, 0) is 68.9 Å². The Labute approximate surface area is 247 Å². The van der Waals surface area contributed by atoms with Gasteiger partial charge in [-0.3, -0.25) is 29.4 Å². The quantitative estimate of drug-likeness (QED) is 0.326. The molecule has 1 unspecified atom stereocenters. The second-order valence-electron chi connectivity index (χ2n) is 12.7. The Morgan fingerprint density at radius 1 is 1.05 bits per heavy atom. The molecule has 1 N–H and O–H groups in total. The van der Waals surface area contributed by atoms with Crippen LogP contribution in [0.2, 0.25) is 0 Å². The summed E-state index contributed by atoms with van der Waals surface area (Å²) in [5.41, 5.74) is -0.165. The number of sulfone groups is 1. The lowest BCUT2D eigenvalue weighted by molar-refractivity contribution is -0.158. The average Bonchev–Trinajstić information content (AvgIpc) is 3.38. The molecule has 1 fully saturated rings. The number of hydrogen-bond donors (Lipinski definition) is 1. The maximum atomic E-state index is 13.6. The van der Waals surface area contributed by atoms with E-state index in [9.17, 15) is 27.6 Å². The van der Waals surface area contributed by atoms with Gasteiger partial charge in [0.05, 0.1) is 28.7 Å². The molecule has 2 aromatic rings. The summed E-state index contributed by atoms with van der Waals surface area (Å²) >= 11 is 0. The van der Waals surface area contributed by atoms with E-state index in [1.807, 2.05) is 38.1 Å². The minimum atomic E-state index is -3.20. The number of carbonyl (C=O) groups excluding carboxylic acids is 4. The summed E-state index contributed by atoms with van der Waals surface area (Å²) in [5.74, 6) is -1.75. The number of rotatable bonds is 10. The lowest BCUT2D eigenvalue weighted by atomic mass is 10.00. The predicted octanol–water partition coefficient (Wildman–Crippen LogP) is 3.19. The summed E-state index contributed by atoms with van der Waals surface area (Å²) < 4.78 is 29.8. The Morgan fingerprint density at radius 2 is 1.62 bits per heavy atom. The summed E-state index contributed by atoms with van der Waals surface area (Å²) in [6.45, 7) is 9.06. The van der Waals surface area contributed by atoms with Crippen molar-refractivity contribution in [2.75, 3.05) is 25.1 Å². The molecule has 10 nitrogen and oxygen atoms in total. The molecule has 42 heavy (non-hydrogen) atoms. The van der Waals surface area contributed by atoms with Crippen LogP contribution in [0.25, 0.3) is 10.8 Å². The van der Waals surface area contributed by atoms with Gasteiger partial charge < -0.3 is 9.64 Å². The van der Waals surface area contributed by atoms with Gasteiger partial charge in [0.2, 0.25) is 5.91 Å². The Balaban J connectivity index is 1.55. The summed E-state index contributed by atoms with van der Waals surface area (Å²) in [6, 6.07) is 8.67. The fourth-order valence-corrected chi connectivity index (χ4v) is 7.32. The van der Waals surface area contributed by atoms with Gasteiger partial charge in [0.15, 0.2) is 9.84 Å². The van der Waals surface area contributed by atoms with Crippen molar-refractivity contribution in [3.63, 3.8) is 0 Å². The summed E-state index contributed by atoms with van der Waals surface area (Å²) in [5, 5.41) is 4.87. The number of hydrogen-bond acceptors (Lipinski definition) is 8. The first-order chi connectivity index (χ1) is 19.6. The molecule has 228 valence electrons. The number of fused-ring (bicyclic) bond motifs is 2. The van der Waals surface area contributed by atoms with Crippen LogP contribution in [0, 0.1) is 5.92 Å². The molecular formula is C31H41N3O7S. The Kier molecular flexibility index (Phi) is 9.13. The highest BCUT2D eigenvalue weighted by Gasteiger charge is 2.39. The van der Waals surface area contributed by atoms with Gasteiger partial charge in [-0.1, -0.05) is 38.1 Å². The fourth-order valence-electron chi connectivity index (χ4n) is 5.54. The average molecular weight is 600 g/mol. The van der Waals surface area contributed by atoms with Crippen molar-refractivity contribution in [3.05, 3.63) is 47.5 Å². The lowest BCUT2D eigenvalue weighted by Gasteiger charge is -2.32. The summed E-state index contributed by atoms with van der Waals surface area (Å²) in [4.78, 5) is 56.2. The molecule has 0 bridgehead atoms. The standard InChI is InChI=1S/C31H41N3O7S/c1-19(2)15-26(29(37)33(6)22-12-14-42(39,40)18-22)32-25(30(38)41-31(3,4)5)11-13-34-27(35)23-16-20-9-7-8-10-21(20)17-24(23)28(34)36/h7-10,16-17,19,22,25-26,32H,11-15,18H2,1-6H3/t22?,25-,26+/m1/s1. The Bertz CT molecular complexity index is 1440. The van der Waals surface area contributed by atoms with E-state index in [4.69, 9.17) is 4.74 Å². The van der Waals surface area contributed by atoms with Gasteiger partial charge in [0.25, 0.3) is 11.8 Å². The summed E-state index contributed by atoms with van der Waals surface area (Å²) in [6.07, 6.45) is 0.786. The van der Waals surface area contributed by atoms with E-state index < -0.39 is 51.3 Å². The molecule has 0 aromatic heterocycles. The largest absolute Gasteiger partial charge is 0.459 e. The van der Waals surface area contributed by atoms with Crippen molar-refractivity contribution in [2.45, 2.75) is 77.6 Å². The molecule has 1 saturated heterocycles. The van der Waals surface area contributed by atoms with Crippen LogP contribution in [-0.4, -0.2) is 90.7 Å². The van der Waals surface area contributed by atoms with E-state index in [0.29, 0.717) is 24.0 Å². The first-order valence-corrected chi connectivity index (χ1v) is 16.2. The third-order valence-electron chi connectivity index (χ3n) is 7.68. The van der Waals surface area contributed by atoms with Crippen LogP contribution in [0.1, 0.15) is 74.6 Å². The van der Waals surface area contributed by atoms with Crippen molar-refractivity contribution < 1.29 is 32.3 Å². The van der Waals surface area contributed by atoms with Crippen molar-refractivity contribution in [3.8, 4) is 0 Å². The minimum absolute atomic E-state index is 0.0311. The van der Waals surface area contributed by atoms with Gasteiger partial charge in [0.1, 0.15) is 11.6 Å². The Hall–Kier alpha value is -3.31. The van der Waals surface area contributed by atoms with Crippen LogP contribution in [-0.2, 0) is 24.2 Å². The molecule has 11 heteroatoms. The third kappa shape index (κ3) is 7.18. The molecule has 4 rings (SSSR count). The fraction of sp³-hybridized carbons (Fsp3) is 0.548. The molecule has 2 aromatic carbocycles. The number of benzene rings is 2. The van der Waals surface area contributed by atoms with Crippen LogP contribution in [0.3, 0.4) is 0 Å². The number of carbonyl (C=O) groups is 4. The highest BCUT2D eigenvalue weighted by Crippen LogP contribution is 2.28. The number of amides is 3. The first kappa shape index (κ1) is 31.6. The monoisotopic (exact) mass is 599 g/mol.